The molecule has 0 bridgehead atoms. The molecule has 0 aliphatic carbocycles. The number of hydrogen-bond donors (Lipinski definition) is 2. The molecule has 2 N–H and O–H groups in total. The third-order valence-corrected chi connectivity index (χ3v) is 3.43. The molecule has 1 aromatic carbocycles. The fourth-order valence-corrected chi connectivity index (χ4v) is 2.27. The van der Waals surface area contributed by atoms with Crippen LogP contribution in [0.1, 0.15) is 18.9 Å². The number of hydrogen-bond acceptors (Lipinski definition) is 4. The number of amides is 1. The second-order valence-electron chi connectivity index (χ2n) is 4.49. The highest BCUT2D eigenvalue weighted by atomic mass is 79.9. The van der Waals surface area contributed by atoms with Gasteiger partial charge in [-0.3, -0.25) is 4.79 Å². The van der Waals surface area contributed by atoms with E-state index in [2.05, 4.69) is 26.6 Å². The molecule has 0 aromatic heterocycles. The first-order valence-electron chi connectivity index (χ1n) is 7.05. The standard InChI is InChI=1S/C15H23BrN2O3/c1-3-17-10-12-6-4-7-13(16)15(12)21-11-14(19)18-8-5-9-20-2/h4,6-7,17H,3,5,8-11H2,1-2H3,(H,18,19). The topological polar surface area (TPSA) is 59.6 Å². The Morgan fingerprint density at radius 1 is 1.38 bits per heavy atom. The Bertz CT molecular complexity index is 441. The fraction of sp³-hybridized carbons (Fsp3) is 0.533. The molecule has 0 aliphatic heterocycles. The zero-order valence-electron chi connectivity index (χ0n) is 12.6. The molecule has 1 amide bonds. The molecule has 0 unspecified atom stereocenters. The number of ether oxygens (including phenoxy) is 2. The molecule has 0 aliphatic rings. The van der Waals surface area contributed by atoms with Crippen LogP contribution in [0.3, 0.4) is 0 Å². The summed E-state index contributed by atoms with van der Waals surface area (Å²) < 4.78 is 11.4. The van der Waals surface area contributed by atoms with E-state index in [0.717, 1.165) is 23.0 Å². The van der Waals surface area contributed by atoms with Crippen molar-refractivity contribution < 1.29 is 14.3 Å². The Morgan fingerprint density at radius 3 is 2.90 bits per heavy atom. The smallest absolute Gasteiger partial charge is 0.257 e. The first-order chi connectivity index (χ1) is 10.2. The number of para-hydroxylation sites is 1. The van der Waals surface area contributed by atoms with Gasteiger partial charge in [0.1, 0.15) is 5.75 Å². The number of carbonyl (C=O) groups is 1. The van der Waals surface area contributed by atoms with Gasteiger partial charge in [-0.15, -0.1) is 0 Å². The Balaban J connectivity index is 2.48. The monoisotopic (exact) mass is 358 g/mol. The number of carbonyl (C=O) groups excluding carboxylic acids is 1. The molecule has 0 atom stereocenters. The van der Waals surface area contributed by atoms with Crippen LogP contribution >= 0.6 is 15.9 Å². The number of methoxy groups -OCH3 is 1. The van der Waals surface area contributed by atoms with Crippen LogP contribution in [0.15, 0.2) is 22.7 Å². The quantitative estimate of drug-likeness (QED) is 0.628. The molecule has 21 heavy (non-hydrogen) atoms. The molecule has 0 radical (unpaired) electrons. The Labute approximate surface area is 134 Å². The Kier molecular flexibility index (Phi) is 9.05. The lowest BCUT2D eigenvalue weighted by molar-refractivity contribution is -0.123. The van der Waals surface area contributed by atoms with Gasteiger partial charge in [-0.25, -0.2) is 0 Å². The maximum Gasteiger partial charge on any atom is 0.257 e. The first kappa shape index (κ1) is 17.9. The molecule has 0 saturated carbocycles. The summed E-state index contributed by atoms with van der Waals surface area (Å²) >= 11 is 3.46. The van der Waals surface area contributed by atoms with Crippen LogP contribution in [-0.4, -0.2) is 39.3 Å². The average Bonchev–Trinajstić information content (AvgIpc) is 2.48. The summed E-state index contributed by atoms with van der Waals surface area (Å²) in [6, 6.07) is 5.84. The van der Waals surface area contributed by atoms with Gasteiger partial charge in [0.2, 0.25) is 0 Å². The van der Waals surface area contributed by atoms with Gasteiger partial charge < -0.3 is 20.1 Å². The summed E-state index contributed by atoms with van der Waals surface area (Å²) in [7, 11) is 1.64. The summed E-state index contributed by atoms with van der Waals surface area (Å²) in [6.07, 6.45) is 0.795. The normalized spacial score (nSPS) is 10.4. The molecule has 6 heteroatoms. The Morgan fingerprint density at radius 2 is 2.19 bits per heavy atom. The Hall–Kier alpha value is -1.11. The molecule has 118 valence electrons. The van der Waals surface area contributed by atoms with Crippen LogP contribution in [0, 0.1) is 0 Å². The minimum atomic E-state index is -0.128. The van der Waals surface area contributed by atoms with Crippen molar-refractivity contribution in [3.8, 4) is 5.75 Å². The molecule has 1 aromatic rings. The first-order valence-corrected chi connectivity index (χ1v) is 7.84. The highest BCUT2D eigenvalue weighted by Gasteiger charge is 2.10. The highest BCUT2D eigenvalue weighted by Crippen LogP contribution is 2.29. The van der Waals surface area contributed by atoms with Crippen LogP contribution in [0.25, 0.3) is 0 Å². The summed E-state index contributed by atoms with van der Waals surface area (Å²) in [5.74, 6) is 0.585. The third-order valence-electron chi connectivity index (χ3n) is 2.81. The zero-order chi connectivity index (χ0) is 15.5. The summed E-state index contributed by atoms with van der Waals surface area (Å²) in [6.45, 7) is 4.88. The molecule has 0 spiro atoms. The van der Waals surface area contributed by atoms with E-state index >= 15 is 0 Å². The van der Waals surface area contributed by atoms with Crippen molar-refractivity contribution in [3.63, 3.8) is 0 Å². The van der Waals surface area contributed by atoms with E-state index in [0.29, 0.717) is 25.4 Å². The molecule has 5 nitrogen and oxygen atoms in total. The van der Waals surface area contributed by atoms with E-state index < -0.39 is 0 Å². The van der Waals surface area contributed by atoms with Crippen LogP contribution in [0.4, 0.5) is 0 Å². The van der Waals surface area contributed by atoms with Crippen molar-refractivity contribution in [3.05, 3.63) is 28.2 Å². The van der Waals surface area contributed by atoms with E-state index in [4.69, 9.17) is 9.47 Å². The van der Waals surface area contributed by atoms with E-state index in [9.17, 15) is 4.79 Å². The summed E-state index contributed by atoms with van der Waals surface area (Å²) in [4.78, 5) is 11.7. The minimum Gasteiger partial charge on any atom is -0.482 e. The van der Waals surface area contributed by atoms with Gasteiger partial charge in [-0.1, -0.05) is 19.1 Å². The van der Waals surface area contributed by atoms with E-state index in [1.807, 2.05) is 25.1 Å². The van der Waals surface area contributed by atoms with Gasteiger partial charge in [-0.2, -0.15) is 0 Å². The largest absolute Gasteiger partial charge is 0.482 e. The SMILES string of the molecule is CCNCc1cccc(Br)c1OCC(=O)NCCCOC. The van der Waals surface area contributed by atoms with Crippen molar-refractivity contribution in [1.82, 2.24) is 10.6 Å². The van der Waals surface area contributed by atoms with Crippen molar-refractivity contribution >= 4 is 21.8 Å². The number of benzene rings is 1. The van der Waals surface area contributed by atoms with Gasteiger partial charge in [-0.05, 0) is 35.0 Å². The maximum absolute atomic E-state index is 11.7. The lowest BCUT2D eigenvalue weighted by Gasteiger charge is -2.13. The predicted octanol–water partition coefficient (Wildman–Crippen LogP) is 2.09. The third kappa shape index (κ3) is 6.93. The zero-order valence-corrected chi connectivity index (χ0v) is 14.2. The van der Waals surface area contributed by atoms with Crippen LogP contribution < -0.4 is 15.4 Å². The van der Waals surface area contributed by atoms with E-state index in [1.165, 1.54) is 0 Å². The molecule has 1 rings (SSSR count). The molecule has 0 heterocycles. The van der Waals surface area contributed by atoms with Gasteiger partial charge >= 0.3 is 0 Å². The van der Waals surface area contributed by atoms with Crippen molar-refractivity contribution in [2.75, 3.05) is 33.4 Å². The average molecular weight is 359 g/mol. The number of halogens is 1. The van der Waals surface area contributed by atoms with Gasteiger partial charge in [0.25, 0.3) is 5.91 Å². The van der Waals surface area contributed by atoms with Crippen molar-refractivity contribution in [2.45, 2.75) is 19.9 Å². The van der Waals surface area contributed by atoms with E-state index in [-0.39, 0.29) is 12.5 Å². The van der Waals surface area contributed by atoms with Crippen LogP contribution in [-0.2, 0) is 16.1 Å². The summed E-state index contributed by atoms with van der Waals surface area (Å²) in [5, 5.41) is 6.05. The second-order valence-corrected chi connectivity index (χ2v) is 5.35. The molecule has 0 saturated heterocycles. The van der Waals surface area contributed by atoms with Crippen LogP contribution in [0.5, 0.6) is 5.75 Å². The van der Waals surface area contributed by atoms with Gasteiger partial charge in [0, 0.05) is 32.4 Å². The number of nitrogens with one attached hydrogen (secondary N) is 2. The number of rotatable bonds is 10. The predicted molar refractivity (Wildman–Crippen MR) is 86.5 cm³/mol. The molecular formula is C15H23BrN2O3. The van der Waals surface area contributed by atoms with Crippen LogP contribution in [0.2, 0.25) is 0 Å². The molecular weight excluding hydrogens is 336 g/mol. The fourth-order valence-electron chi connectivity index (χ4n) is 1.75. The van der Waals surface area contributed by atoms with Gasteiger partial charge in [0.15, 0.2) is 6.61 Å². The maximum atomic E-state index is 11.7. The van der Waals surface area contributed by atoms with Gasteiger partial charge in [0.05, 0.1) is 4.47 Å². The molecule has 0 fully saturated rings. The van der Waals surface area contributed by atoms with Crippen molar-refractivity contribution in [1.29, 1.82) is 0 Å². The summed E-state index contributed by atoms with van der Waals surface area (Å²) in [5.41, 5.74) is 1.03. The van der Waals surface area contributed by atoms with E-state index in [1.54, 1.807) is 7.11 Å². The second kappa shape index (κ2) is 10.6. The lowest BCUT2D eigenvalue weighted by atomic mass is 10.2. The van der Waals surface area contributed by atoms with Crippen molar-refractivity contribution in [2.24, 2.45) is 0 Å². The highest BCUT2D eigenvalue weighted by molar-refractivity contribution is 9.10. The lowest BCUT2D eigenvalue weighted by Crippen LogP contribution is -2.30. The minimum absolute atomic E-state index is 0.00865.